The van der Waals surface area contributed by atoms with Gasteiger partial charge in [0.25, 0.3) is 5.22 Å². The molecule has 0 unspecified atom stereocenters. The van der Waals surface area contributed by atoms with Crippen molar-refractivity contribution in [1.29, 1.82) is 0 Å². The van der Waals surface area contributed by atoms with E-state index in [0.717, 1.165) is 30.6 Å². The van der Waals surface area contributed by atoms with Crippen LogP contribution in [0.3, 0.4) is 0 Å². The molecule has 7 heteroatoms. The van der Waals surface area contributed by atoms with E-state index in [9.17, 15) is 0 Å². The first-order chi connectivity index (χ1) is 12.6. The Morgan fingerprint density at radius 2 is 1.85 bits per heavy atom. The highest BCUT2D eigenvalue weighted by molar-refractivity contribution is 7.98. The van der Waals surface area contributed by atoms with Crippen molar-refractivity contribution in [3.8, 4) is 5.75 Å². The number of aryl methyl sites for hydroxylation is 2. The molecule has 0 bridgehead atoms. The molecule has 0 radical (unpaired) electrons. The van der Waals surface area contributed by atoms with Crippen LogP contribution in [0.15, 0.2) is 52.1 Å². The van der Waals surface area contributed by atoms with E-state index in [0.29, 0.717) is 26.9 Å². The number of thioether (sulfide) groups is 1. The van der Waals surface area contributed by atoms with E-state index in [1.54, 1.807) is 13.2 Å². The number of rotatable bonds is 8. The molecule has 0 spiro atoms. The molecule has 0 fully saturated rings. The first kappa shape index (κ1) is 19.1. The SMILES string of the molecule is COc1ccc(CCCc2nnc(SCc3ccc(Cl)cc3Cl)o2)cc1. The van der Waals surface area contributed by atoms with Gasteiger partial charge in [0, 0.05) is 22.2 Å². The Kier molecular flexibility index (Phi) is 6.83. The van der Waals surface area contributed by atoms with Crippen molar-refractivity contribution in [3.63, 3.8) is 0 Å². The Labute approximate surface area is 166 Å². The summed E-state index contributed by atoms with van der Waals surface area (Å²) in [5, 5.41) is 10.0. The van der Waals surface area contributed by atoms with Gasteiger partial charge in [0.1, 0.15) is 5.75 Å². The summed E-state index contributed by atoms with van der Waals surface area (Å²) in [6.45, 7) is 0. The highest BCUT2D eigenvalue weighted by atomic mass is 35.5. The summed E-state index contributed by atoms with van der Waals surface area (Å²) in [6, 6.07) is 13.5. The van der Waals surface area contributed by atoms with Crippen molar-refractivity contribution in [2.24, 2.45) is 0 Å². The van der Waals surface area contributed by atoms with Crippen LogP contribution in [-0.4, -0.2) is 17.3 Å². The number of hydrogen-bond acceptors (Lipinski definition) is 5. The Balaban J connectivity index is 1.46. The zero-order chi connectivity index (χ0) is 18.4. The minimum atomic E-state index is 0.551. The van der Waals surface area contributed by atoms with E-state index >= 15 is 0 Å². The van der Waals surface area contributed by atoms with Crippen molar-refractivity contribution in [1.82, 2.24) is 10.2 Å². The fraction of sp³-hybridized carbons (Fsp3) is 0.263. The maximum Gasteiger partial charge on any atom is 0.276 e. The van der Waals surface area contributed by atoms with E-state index in [1.807, 2.05) is 24.3 Å². The van der Waals surface area contributed by atoms with Gasteiger partial charge >= 0.3 is 0 Å². The maximum absolute atomic E-state index is 6.17. The molecule has 0 amide bonds. The molecular weight excluding hydrogens is 391 g/mol. The molecule has 0 saturated carbocycles. The van der Waals surface area contributed by atoms with Crippen molar-refractivity contribution in [3.05, 3.63) is 69.5 Å². The fourth-order valence-electron chi connectivity index (χ4n) is 2.41. The molecule has 0 aliphatic heterocycles. The standard InChI is InChI=1S/C19H18Cl2N2O2S/c1-24-16-9-5-13(6-10-16)3-2-4-18-22-23-19(25-18)26-12-14-7-8-15(20)11-17(14)21/h5-11H,2-4,12H2,1H3. The molecule has 0 aliphatic carbocycles. The summed E-state index contributed by atoms with van der Waals surface area (Å²) in [5.41, 5.74) is 2.25. The number of nitrogens with zero attached hydrogens (tertiary/aromatic N) is 2. The molecule has 3 rings (SSSR count). The van der Waals surface area contributed by atoms with Gasteiger partial charge in [-0.25, -0.2) is 0 Å². The smallest absolute Gasteiger partial charge is 0.276 e. The van der Waals surface area contributed by atoms with Gasteiger partial charge in [-0.15, -0.1) is 10.2 Å². The van der Waals surface area contributed by atoms with Gasteiger partial charge in [-0.3, -0.25) is 0 Å². The molecule has 3 aromatic rings. The maximum atomic E-state index is 6.17. The highest BCUT2D eigenvalue weighted by Crippen LogP contribution is 2.28. The van der Waals surface area contributed by atoms with Crippen LogP contribution in [0.2, 0.25) is 10.0 Å². The number of aromatic nitrogens is 2. The van der Waals surface area contributed by atoms with Gasteiger partial charge in [-0.2, -0.15) is 0 Å². The minimum absolute atomic E-state index is 0.551. The molecule has 2 aromatic carbocycles. The molecule has 26 heavy (non-hydrogen) atoms. The van der Waals surface area contributed by atoms with E-state index in [2.05, 4.69) is 22.3 Å². The minimum Gasteiger partial charge on any atom is -0.497 e. The molecular formula is C19H18Cl2N2O2S. The Morgan fingerprint density at radius 3 is 2.58 bits per heavy atom. The molecule has 0 N–H and O–H groups in total. The molecule has 0 saturated heterocycles. The lowest BCUT2D eigenvalue weighted by molar-refractivity contribution is 0.409. The third-order valence-electron chi connectivity index (χ3n) is 3.83. The quantitative estimate of drug-likeness (QED) is 0.437. The number of ether oxygens (including phenoxy) is 1. The van der Waals surface area contributed by atoms with Crippen LogP contribution >= 0.6 is 35.0 Å². The van der Waals surface area contributed by atoms with E-state index in [1.165, 1.54) is 17.3 Å². The van der Waals surface area contributed by atoms with Gasteiger partial charge in [-0.1, -0.05) is 53.2 Å². The molecule has 0 aliphatic rings. The lowest BCUT2D eigenvalue weighted by atomic mass is 10.1. The lowest BCUT2D eigenvalue weighted by Crippen LogP contribution is -1.91. The third kappa shape index (κ3) is 5.40. The largest absolute Gasteiger partial charge is 0.497 e. The van der Waals surface area contributed by atoms with E-state index in [-0.39, 0.29) is 0 Å². The molecule has 1 heterocycles. The Morgan fingerprint density at radius 1 is 1.04 bits per heavy atom. The summed E-state index contributed by atoms with van der Waals surface area (Å²) >= 11 is 13.5. The number of hydrogen-bond donors (Lipinski definition) is 0. The van der Waals surface area contributed by atoms with Crippen LogP contribution in [0.5, 0.6) is 5.75 Å². The third-order valence-corrected chi connectivity index (χ3v) is 5.28. The van der Waals surface area contributed by atoms with Crippen molar-refractivity contribution >= 4 is 35.0 Å². The molecule has 4 nitrogen and oxygen atoms in total. The van der Waals surface area contributed by atoms with Crippen LogP contribution in [-0.2, 0) is 18.6 Å². The summed E-state index contributed by atoms with van der Waals surface area (Å²) in [5.74, 6) is 2.18. The van der Waals surface area contributed by atoms with Gasteiger partial charge in [0.05, 0.1) is 7.11 Å². The number of benzene rings is 2. The second kappa shape index (κ2) is 9.31. The Hall–Kier alpha value is -1.69. The van der Waals surface area contributed by atoms with Gasteiger partial charge < -0.3 is 9.15 Å². The second-order valence-electron chi connectivity index (χ2n) is 5.69. The van der Waals surface area contributed by atoms with E-state index < -0.39 is 0 Å². The predicted molar refractivity (Wildman–Crippen MR) is 105 cm³/mol. The first-order valence-corrected chi connectivity index (χ1v) is 9.90. The number of halogens is 2. The topological polar surface area (TPSA) is 48.2 Å². The van der Waals surface area contributed by atoms with Gasteiger partial charge in [-0.05, 0) is 48.2 Å². The van der Waals surface area contributed by atoms with Gasteiger partial charge in [0.2, 0.25) is 5.89 Å². The predicted octanol–water partition coefficient (Wildman–Crippen LogP) is 5.85. The first-order valence-electron chi connectivity index (χ1n) is 8.16. The zero-order valence-electron chi connectivity index (χ0n) is 14.2. The van der Waals surface area contributed by atoms with Crippen molar-refractivity contribution in [2.75, 3.05) is 7.11 Å². The summed E-state index contributed by atoms with van der Waals surface area (Å²) in [7, 11) is 1.67. The van der Waals surface area contributed by atoms with Crippen LogP contribution in [0.4, 0.5) is 0 Å². The summed E-state index contributed by atoms with van der Waals surface area (Å²) in [6.07, 6.45) is 2.65. The fourth-order valence-corrected chi connectivity index (χ4v) is 3.75. The molecule has 1 aromatic heterocycles. The van der Waals surface area contributed by atoms with Crippen molar-refractivity contribution in [2.45, 2.75) is 30.2 Å². The van der Waals surface area contributed by atoms with Gasteiger partial charge in [0.15, 0.2) is 0 Å². The second-order valence-corrected chi connectivity index (χ2v) is 7.46. The summed E-state index contributed by atoms with van der Waals surface area (Å²) < 4.78 is 10.9. The molecule has 136 valence electrons. The zero-order valence-corrected chi connectivity index (χ0v) is 16.6. The highest BCUT2D eigenvalue weighted by Gasteiger charge is 2.09. The normalized spacial score (nSPS) is 10.9. The van der Waals surface area contributed by atoms with Crippen LogP contribution in [0.1, 0.15) is 23.4 Å². The lowest BCUT2D eigenvalue weighted by Gasteiger charge is -2.02. The monoisotopic (exact) mass is 408 g/mol. The van der Waals surface area contributed by atoms with Crippen molar-refractivity contribution < 1.29 is 9.15 Å². The average Bonchev–Trinajstić information content (AvgIpc) is 3.09. The van der Waals surface area contributed by atoms with Crippen LogP contribution < -0.4 is 4.74 Å². The molecule has 0 atom stereocenters. The van der Waals surface area contributed by atoms with E-state index in [4.69, 9.17) is 32.4 Å². The summed E-state index contributed by atoms with van der Waals surface area (Å²) in [4.78, 5) is 0. The average molecular weight is 409 g/mol. The van der Waals surface area contributed by atoms with Crippen LogP contribution in [0.25, 0.3) is 0 Å². The Bertz CT molecular complexity index is 853. The number of methoxy groups -OCH3 is 1. The van der Waals surface area contributed by atoms with Crippen LogP contribution in [0, 0.1) is 0 Å².